The maximum absolute atomic E-state index is 12.7. The molecule has 0 bridgehead atoms. The number of aryl methyl sites for hydroxylation is 1. The maximum atomic E-state index is 12.7. The summed E-state index contributed by atoms with van der Waals surface area (Å²) in [5, 5.41) is 3.18. The van der Waals surface area contributed by atoms with Crippen molar-refractivity contribution in [3.8, 4) is 17.2 Å². The molecular formula is C24H22ClN3O4. The van der Waals surface area contributed by atoms with Gasteiger partial charge < -0.3 is 23.9 Å². The van der Waals surface area contributed by atoms with Crippen molar-refractivity contribution >= 4 is 28.8 Å². The number of aromatic nitrogens is 2. The summed E-state index contributed by atoms with van der Waals surface area (Å²) in [5.41, 5.74) is 3.75. The zero-order chi connectivity index (χ0) is 22.7. The lowest BCUT2D eigenvalue weighted by molar-refractivity contribution is 0.102. The van der Waals surface area contributed by atoms with Crippen molar-refractivity contribution in [3.05, 3.63) is 82.8 Å². The number of hydrogen-bond acceptors (Lipinski definition) is 5. The Balaban J connectivity index is 1.42. The molecule has 7 nitrogen and oxygen atoms in total. The lowest BCUT2D eigenvalue weighted by atomic mass is 10.2. The summed E-state index contributed by atoms with van der Waals surface area (Å²) in [7, 11) is 3.02. The van der Waals surface area contributed by atoms with Gasteiger partial charge in [-0.15, -0.1) is 0 Å². The fourth-order valence-corrected chi connectivity index (χ4v) is 3.53. The molecule has 0 saturated carbocycles. The van der Waals surface area contributed by atoms with Gasteiger partial charge in [-0.1, -0.05) is 17.7 Å². The molecule has 2 aromatic heterocycles. The summed E-state index contributed by atoms with van der Waals surface area (Å²) >= 11 is 6.17. The summed E-state index contributed by atoms with van der Waals surface area (Å²) in [4.78, 5) is 17.3. The van der Waals surface area contributed by atoms with Crippen LogP contribution in [0.2, 0.25) is 5.02 Å². The van der Waals surface area contributed by atoms with Crippen LogP contribution >= 0.6 is 11.6 Å². The highest BCUT2D eigenvalue weighted by Crippen LogP contribution is 2.36. The molecule has 1 N–H and O–H groups in total. The van der Waals surface area contributed by atoms with Crippen LogP contribution in [0.25, 0.3) is 5.65 Å². The minimum Gasteiger partial charge on any atom is -0.495 e. The molecule has 2 heterocycles. The van der Waals surface area contributed by atoms with Crippen molar-refractivity contribution in [1.82, 2.24) is 9.38 Å². The van der Waals surface area contributed by atoms with Crippen LogP contribution in [0.1, 0.15) is 21.6 Å². The van der Waals surface area contributed by atoms with Gasteiger partial charge >= 0.3 is 0 Å². The molecule has 0 fully saturated rings. The molecule has 0 radical (unpaired) electrons. The summed E-state index contributed by atoms with van der Waals surface area (Å²) in [6.07, 6.45) is 3.90. The second-order valence-corrected chi connectivity index (χ2v) is 7.52. The highest BCUT2D eigenvalue weighted by atomic mass is 35.5. The van der Waals surface area contributed by atoms with E-state index < -0.39 is 0 Å². The van der Waals surface area contributed by atoms with E-state index in [2.05, 4.69) is 10.3 Å². The van der Waals surface area contributed by atoms with Gasteiger partial charge in [0.25, 0.3) is 5.91 Å². The molecule has 164 valence electrons. The quantitative estimate of drug-likeness (QED) is 0.421. The van der Waals surface area contributed by atoms with Gasteiger partial charge in [-0.25, -0.2) is 4.98 Å². The fourth-order valence-electron chi connectivity index (χ4n) is 3.29. The van der Waals surface area contributed by atoms with Crippen LogP contribution in [0.15, 0.2) is 60.9 Å². The van der Waals surface area contributed by atoms with Crippen LogP contribution in [0.5, 0.6) is 17.2 Å². The molecule has 0 atom stereocenters. The molecule has 4 rings (SSSR count). The number of carbonyl (C=O) groups is 1. The number of halogens is 1. The van der Waals surface area contributed by atoms with E-state index in [0.717, 1.165) is 16.9 Å². The number of methoxy groups -OCH3 is 2. The Bertz CT molecular complexity index is 1270. The van der Waals surface area contributed by atoms with Gasteiger partial charge in [0.1, 0.15) is 29.5 Å². The zero-order valence-electron chi connectivity index (χ0n) is 17.9. The molecule has 0 aliphatic heterocycles. The fraction of sp³-hybridized carbons (Fsp3) is 0.167. The number of ether oxygens (including phenoxy) is 3. The van der Waals surface area contributed by atoms with Crippen molar-refractivity contribution in [3.63, 3.8) is 0 Å². The van der Waals surface area contributed by atoms with Crippen LogP contribution < -0.4 is 19.5 Å². The Morgan fingerprint density at radius 2 is 1.84 bits per heavy atom. The number of nitrogens with one attached hydrogen (secondary N) is 1. The standard InChI is InChI=1S/C24H22ClN3O4/c1-15-5-4-10-28-13-17(26-23(15)28)14-32-18-8-6-16(7-9-18)24(29)27-20-11-19(25)21(30-2)12-22(20)31-3/h4-13H,14H2,1-3H3,(H,27,29). The number of nitrogens with zero attached hydrogens (tertiary/aromatic N) is 2. The Labute approximate surface area is 190 Å². The van der Waals surface area contributed by atoms with Crippen LogP contribution in [0, 0.1) is 6.92 Å². The minimum absolute atomic E-state index is 0.299. The summed E-state index contributed by atoms with van der Waals surface area (Å²) < 4.78 is 18.3. The molecule has 0 unspecified atom stereocenters. The molecular weight excluding hydrogens is 430 g/mol. The third kappa shape index (κ3) is 4.48. The predicted octanol–water partition coefficient (Wildman–Crippen LogP) is 5.14. The molecule has 0 saturated heterocycles. The topological polar surface area (TPSA) is 74.1 Å². The number of hydrogen-bond donors (Lipinski definition) is 1. The Morgan fingerprint density at radius 3 is 2.53 bits per heavy atom. The molecule has 8 heteroatoms. The van der Waals surface area contributed by atoms with Crippen LogP contribution in [-0.4, -0.2) is 29.5 Å². The summed E-state index contributed by atoms with van der Waals surface area (Å²) in [6, 6.07) is 14.1. The van der Waals surface area contributed by atoms with Gasteiger partial charge in [0.2, 0.25) is 0 Å². The predicted molar refractivity (Wildman–Crippen MR) is 123 cm³/mol. The van der Waals surface area contributed by atoms with Crippen molar-refractivity contribution < 1.29 is 19.0 Å². The second-order valence-electron chi connectivity index (χ2n) is 7.11. The van der Waals surface area contributed by atoms with Gasteiger partial charge in [0.15, 0.2) is 0 Å². The third-order valence-electron chi connectivity index (χ3n) is 4.95. The van der Waals surface area contributed by atoms with Crippen molar-refractivity contribution in [1.29, 1.82) is 0 Å². The summed E-state index contributed by atoms with van der Waals surface area (Å²) in [6.45, 7) is 2.35. The van der Waals surface area contributed by atoms with Crippen molar-refractivity contribution in [2.45, 2.75) is 13.5 Å². The number of anilines is 1. The Morgan fingerprint density at radius 1 is 1.09 bits per heavy atom. The Hall–Kier alpha value is -3.71. The van der Waals surface area contributed by atoms with E-state index in [4.69, 9.17) is 25.8 Å². The van der Waals surface area contributed by atoms with E-state index in [9.17, 15) is 4.79 Å². The van der Waals surface area contributed by atoms with Gasteiger partial charge in [-0.3, -0.25) is 4.79 Å². The number of fused-ring (bicyclic) bond motifs is 1. The lowest BCUT2D eigenvalue weighted by Crippen LogP contribution is -2.12. The smallest absolute Gasteiger partial charge is 0.255 e. The number of rotatable bonds is 7. The number of amides is 1. The SMILES string of the molecule is COc1cc(OC)c(NC(=O)c2ccc(OCc3cn4cccc(C)c4n3)cc2)cc1Cl. The molecule has 4 aromatic rings. The highest BCUT2D eigenvalue weighted by molar-refractivity contribution is 6.32. The minimum atomic E-state index is -0.299. The first-order valence-corrected chi connectivity index (χ1v) is 10.2. The average Bonchev–Trinajstić information content (AvgIpc) is 3.23. The average molecular weight is 452 g/mol. The summed E-state index contributed by atoms with van der Waals surface area (Å²) in [5.74, 6) is 1.25. The van der Waals surface area contributed by atoms with E-state index >= 15 is 0 Å². The van der Waals surface area contributed by atoms with Gasteiger partial charge in [0, 0.05) is 24.0 Å². The van der Waals surface area contributed by atoms with Gasteiger partial charge in [-0.2, -0.15) is 0 Å². The highest BCUT2D eigenvalue weighted by Gasteiger charge is 2.14. The first-order chi connectivity index (χ1) is 15.5. The van der Waals surface area contributed by atoms with Gasteiger partial charge in [0.05, 0.1) is 30.6 Å². The van der Waals surface area contributed by atoms with Crippen LogP contribution in [0.4, 0.5) is 5.69 Å². The van der Waals surface area contributed by atoms with Crippen LogP contribution in [0.3, 0.4) is 0 Å². The number of pyridine rings is 1. The van der Waals surface area contributed by atoms with E-state index in [1.54, 1.807) is 36.4 Å². The molecule has 0 spiro atoms. The number of carbonyl (C=O) groups excluding carboxylic acids is 1. The Kier molecular flexibility index (Phi) is 6.18. The molecule has 0 aliphatic rings. The first-order valence-electron chi connectivity index (χ1n) is 9.87. The molecule has 2 aromatic carbocycles. The van der Waals surface area contributed by atoms with Crippen molar-refractivity contribution in [2.24, 2.45) is 0 Å². The van der Waals surface area contributed by atoms with Crippen molar-refractivity contribution in [2.75, 3.05) is 19.5 Å². The van der Waals surface area contributed by atoms with E-state index in [1.807, 2.05) is 35.9 Å². The maximum Gasteiger partial charge on any atom is 0.255 e. The molecule has 0 aliphatic carbocycles. The van der Waals surface area contributed by atoms with E-state index in [0.29, 0.717) is 40.1 Å². The molecule has 1 amide bonds. The number of benzene rings is 2. The largest absolute Gasteiger partial charge is 0.495 e. The molecule has 32 heavy (non-hydrogen) atoms. The third-order valence-corrected chi connectivity index (χ3v) is 5.25. The van der Waals surface area contributed by atoms with Gasteiger partial charge in [-0.05, 0) is 48.9 Å². The zero-order valence-corrected chi connectivity index (χ0v) is 18.6. The van der Waals surface area contributed by atoms with E-state index in [-0.39, 0.29) is 5.91 Å². The second kappa shape index (κ2) is 9.20. The monoisotopic (exact) mass is 451 g/mol. The number of imidazole rings is 1. The first kappa shape index (κ1) is 21.5. The van der Waals surface area contributed by atoms with E-state index in [1.165, 1.54) is 14.2 Å². The lowest BCUT2D eigenvalue weighted by Gasteiger charge is -2.13. The normalized spacial score (nSPS) is 10.8. The van der Waals surface area contributed by atoms with Crippen LogP contribution in [-0.2, 0) is 6.61 Å².